The Morgan fingerprint density at radius 3 is 2.56 bits per heavy atom. The number of aliphatic imine (C=N–C) groups is 1. The Balaban J connectivity index is 1.47. The number of guanidine groups is 1. The smallest absolute Gasteiger partial charge is 0.419 e. The summed E-state index contributed by atoms with van der Waals surface area (Å²) in [4.78, 5) is 32.7. The summed E-state index contributed by atoms with van der Waals surface area (Å²) in [5.41, 5.74) is 3.70. The molecule has 2 aliphatic heterocycles. The molecule has 208 valence electrons. The van der Waals surface area contributed by atoms with Gasteiger partial charge in [-0.2, -0.15) is 13.2 Å². The predicted octanol–water partition coefficient (Wildman–Crippen LogP) is 3.94. The van der Waals surface area contributed by atoms with Crippen LogP contribution in [-0.2, 0) is 11.2 Å². The number of hydrogen-bond acceptors (Lipinski definition) is 6. The summed E-state index contributed by atoms with van der Waals surface area (Å²) in [6.07, 6.45) is -3.72. The third-order valence-corrected chi connectivity index (χ3v) is 8.33. The Kier molecular flexibility index (Phi) is 6.61. The Labute approximate surface area is 224 Å². The average Bonchev–Trinajstić information content (AvgIpc) is 3.20. The molecule has 2 heterocycles. The molecule has 0 spiro atoms. The van der Waals surface area contributed by atoms with Crippen LogP contribution in [0, 0.1) is 0 Å². The van der Waals surface area contributed by atoms with Gasteiger partial charge in [0.25, 0.3) is 5.91 Å². The molecule has 11 heteroatoms. The number of hydrogen-bond donors (Lipinski definition) is 3. The minimum absolute atomic E-state index is 0.0644. The van der Waals surface area contributed by atoms with Gasteiger partial charge in [-0.1, -0.05) is 38.1 Å². The molecule has 0 aromatic heterocycles. The van der Waals surface area contributed by atoms with Gasteiger partial charge in [0.2, 0.25) is 5.91 Å². The van der Waals surface area contributed by atoms with Crippen LogP contribution in [0.25, 0.3) is 0 Å². The van der Waals surface area contributed by atoms with Gasteiger partial charge in [0.1, 0.15) is 5.75 Å². The van der Waals surface area contributed by atoms with Crippen LogP contribution in [0.3, 0.4) is 0 Å². The van der Waals surface area contributed by atoms with Crippen molar-refractivity contribution in [2.45, 2.75) is 75.4 Å². The summed E-state index contributed by atoms with van der Waals surface area (Å²) < 4.78 is 47.7. The Morgan fingerprint density at radius 1 is 1.18 bits per heavy atom. The number of nitrogens with zero attached hydrogens (tertiary/aromatic N) is 2. The molecule has 8 nitrogen and oxygen atoms in total. The minimum Gasteiger partial charge on any atom is -0.493 e. The van der Waals surface area contributed by atoms with Gasteiger partial charge in [-0.15, -0.1) is 0 Å². The van der Waals surface area contributed by atoms with E-state index < -0.39 is 41.7 Å². The first-order valence-electron chi connectivity index (χ1n) is 13.0. The lowest BCUT2D eigenvalue weighted by Crippen LogP contribution is -2.54. The van der Waals surface area contributed by atoms with E-state index in [1.54, 1.807) is 18.2 Å². The fraction of sp³-hybridized carbons (Fsp3) is 0.464. The Morgan fingerprint density at radius 2 is 1.90 bits per heavy atom. The minimum atomic E-state index is -4.98. The van der Waals surface area contributed by atoms with Crippen molar-refractivity contribution in [3.8, 4) is 5.75 Å². The highest BCUT2D eigenvalue weighted by molar-refractivity contribution is 6.00. The van der Waals surface area contributed by atoms with E-state index in [1.807, 2.05) is 13.8 Å². The molecule has 0 fully saturated rings. The van der Waals surface area contributed by atoms with Crippen LogP contribution in [0.5, 0.6) is 5.75 Å². The van der Waals surface area contributed by atoms with E-state index in [2.05, 4.69) is 10.3 Å². The van der Waals surface area contributed by atoms with Crippen LogP contribution in [0.4, 0.5) is 13.2 Å². The van der Waals surface area contributed by atoms with Crippen molar-refractivity contribution in [1.29, 1.82) is 0 Å². The lowest BCUT2D eigenvalue weighted by molar-refractivity contribution is -0.266. The number of alkyl halides is 3. The highest BCUT2D eigenvalue weighted by Gasteiger charge is 2.62. The summed E-state index contributed by atoms with van der Waals surface area (Å²) in [6, 6.07) is 8.39. The number of carbonyl (C=O) groups is 2. The summed E-state index contributed by atoms with van der Waals surface area (Å²) in [5.74, 6) is -0.435. The number of carbonyl (C=O) groups excluding carboxylic acids is 2. The lowest BCUT2D eigenvalue weighted by Gasteiger charge is -2.41. The SMILES string of the molecule is CCC1(CC)CC(=O)N([C@@H]2CCOc3ccc(C(=O)NC4c5ccccc5C[C@@]4(O)C(F)(F)F)cc32)C(N)=N1. The molecule has 39 heavy (non-hydrogen) atoms. The number of fused-ring (bicyclic) bond motifs is 2. The fourth-order valence-electron chi connectivity index (χ4n) is 5.91. The second-order valence-electron chi connectivity index (χ2n) is 10.5. The van der Waals surface area contributed by atoms with E-state index in [0.717, 1.165) is 0 Å². The van der Waals surface area contributed by atoms with Crippen molar-refractivity contribution in [3.63, 3.8) is 0 Å². The van der Waals surface area contributed by atoms with Gasteiger partial charge in [0.05, 0.1) is 30.7 Å². The van der Waals surface area contributed by atoms with E-state index in [1.165, 1.54) is 29.2 Å². The molecule has 1 aliphatic carbocycles. The van der Waals surface area contributed by atoms with Crippen LogP contribution in [0.15, 0.2) is 47.5 Å². The number of nitrogens with two attached hydrogens (primary N) is 1. The second kappa shape index (κ2) is 9.55. The number of aliphatic hydroxyl groups is 1. The van der Waals surface area contributed by atoms with Crippen molar-refractivity contribution in [2.24, 2.45) is 10.7 Å². The molecule has 0 saturated carbocycles. The van der Waals surface area contributed by atoms with Crippen LogP contribution in [0.2, 0.25) is 0 Å². The zero-order valence-corrected chi connectivity index (χ0v) is 21.7. The van der Waals surface area contributed by atoms with Crippen LogP contribution in [-0.4, -0.2) is 51.7 Å². The molecule has 1 unspecified atom stereocenters. The molecule has 2 amide bonds. The molecule has 3 aliphatic rings. The largest absolute Gasteiger partial charge is 0.493 e. The summed E-state index contributed by atoms with van der Waals surface area (Å²) in [7, 11) is 0. The van der Waals surface area contributed by atoms with E-state index in [4.69, 9.17) is 10.5 Å². The molecular formula is C28H31F3N4O4. The van der Waals surface area contributed by atoms with Gasteiger partial charge in [-0.25, -0.2) is 4.99 Å². The first-order chi connectivity index (χ1) is 18.4. The van der Waals surface area contributed by atoms with Crippen molar-refractivity contribution in [1.82, 2.24) is 10.2 Å². The van der Waals surface area contributed by atoms with E-state index in [0.29, 0.717) is 42.7 Å². The number of halogens is 3. The second-order valence-corrected chi connectivity index (χ2v) is 10.5. The van der Waals surface area contributed by atoms with Crippen LogP contribution >= 0.6 is 0 Å². The van der Waals surface area contributed by atoms with Crippen molar-refractivity contribution in [2.75, 3.05) is 6.61 Å². The predicted molar refractivity (Wildman–Crippen MR) is 137 cm³/mol. The van der Waals surface area contributed by atoms with E-state index in [-0.39, 0.29) is 29.4 Å². The molecule has 3 atom stereocenters. The highest BCUT2D eigenvalue weighted by atomic mass is 19.4. The van der Waals surface area contributed by atoms with E-state index in [9.17, 15) is 27.9 Å². The standard InChI is InChI=1S/C28H31F3N4O4/c1-3-26(4-2)15-22(36)35(25(32)34-26)20-11-12-39-21-10-9-16(13-19(20)21)24(37)33-23-18-8-6-5-7-17(18)14-27(23,38)28(29,30)31/h5-10,13,20,23,38H,3-4,11-12,14-15H2,1-2H3,(H2,32,34)(H,33,37)/t20-,23?,27+/m1/s1. The highest BCUT2D eigenvalue weighted by Crippen LogP contribution is 2.48. The maximum Gasteiger partial charge on any atom is 0.419 e. The summed E-state index contributed by atoms with van der Waals surface area (Å²) in [6.45, 7) is 4.23. The molecule has 2 aromatic rings. The third-order valence-electron chi connectivity index (χ3n) is 8.33. The van der Waals surface area contributed by atoms with Crippen molar-refractivity contribution in [3.05, 3.63) is 64.7 Å². The fourth-order valence-corrected chi connectivity index (χ4v) is 5.91. The van der Waals surface area contributed by atoms with Crippen LogP contribution < -0.4 is 15.8 Å². The molecule has 4 N–H and O–H groups in total. The molecule has 0 bridgehead atoms. The van der Waals surface area contributed by atoms with Gasteiger partial charge in [0.15, 0.2) is 11.6 Å². The summed E-state index contributed by atoms with van der Waals surface area (Å²) >= 11 is 0. The van der Waals surface area contributed by atoms with Gasteiger partial charge in [-0.05, 0) is 42.2 Å². The number of amides is 2. The zero-order chi connectivity index (χ0) is 28.2. The normalized spacial score (nSPS) is 25.8. The number of rotatable bonds is 5. The lowest BCUT2D eigenvalue weighted by atomic mass is 9.87. The monoisotopic (exact) mass is 544 g/mol. The quantitative estimate of drug-likeness (QED) is 0.527. The van der Waals surface area contributed by atoms with Crippen molar-refractivity contribution < 1.29 is 32.6 Å². The molecule has 0 radical (unpaired) electrons. The number of nitrogens with one attached hydrogen (secondary N) is 1. The Hall–Kier alpha value is -3.60. The molecule has 5 rings (SSSR count). The topological polar surface area (TPSA) is 117 Å². The first-order valence-corrected chi connectivity index (χ1v) is 13.0. The van der Waals surface area contributed by atoms with Crippen LogP contribution in [0.1, 0.15) is 78.7 Å². The van der Waals surface area contributed by atoms with Gasteiger partial charge in [-0.3, -0.25) is 14.5 Å². The maximum absolute atomic E-state index is 14.0. The molecule has 2 aromatic carbocycles. The number of benzene rings is 2. The average molecular weight is 545 g/mol. The molecular weight excluding hydrogens is 513 g/mol. The van der Waals surface area contributed by atoms with Gasteiger partial charge in [0, 0.05) is 24.0 Å². The van der Waals surface area contributed by atoms with Gasteiger partial charge < -0.3 is 20.9 Å². The number of ether oxygens (including phenoxy) is 1. The zero-order valence-electron chi connectivity index (χ0n) is 21.7. The van der Waals surface area contributed by atoms with Gasteiger partial charge >= 0.3 is 6.18 Å². The molecule has 0 saturated heterocycles. The Bertz CT molecular complexity index is 1340. The maximum atomic E-state index is 14.0. The third kappa shape index (κ3) is 4.42. The van der Waals surface area contributed by atoms with Crippen molar-refractivity contribution >= 4 is 17.8 Å². The van der Waals surface area contributed by atoms with E-state index >= 15 is 0 Å². The summed E-state index contributed by atoms with van der Waals surface area (Å²) in [5, 5.41) is 13.1. The first kappa shape index (κ1) is 27.0.